The lowest BCUT2D eigenvalue weighted by molar-refractivity contribution is -0.207. The van der Waals surface area contributed by atoms with Crippen molar-refractivity contribution in [3.63, 3.8) is 0 Å². The molecule has 0 spiro atoms. The van der Waals surface area contributed by atoms with Gasteiger partial charge in [-0.1, -0.05) is 32.9 Å². The molecule has 0 radical (unpaired) electrons. The molecule has 1 aromatic rings. The molecule has 0 aliphatic heterocycles. The number of carbonyl (C=O) groups excluding carboxylic acids is 1. The first kappa shape index (κ1) is 16.5. The molecule has 20 heavy (non-hydrogen) atoms. The lowest BCUT2D eigenvalue weighted by Crippen LogP contribution is -2.35. The van der Waals surface area contributed by atoms with Crippen LogP contribution in [-0.2, 0) is 10.2 Å². The van der Waals surface area contributed by atoms with Gasteiger partial charge < -0.3 is 4.74 Å². The number of hydrogen-bond acceptors (Lipinski definition) is 2. The fourth-order valence-corrected chi connectivity index (χ4v) is 1.49. The summed E-state index contributed by atoms with van der Waals surface area (Å²) >= 11 is 0. The van der Waals surface area contributed by atoms with Crippen LogP contribution in [0.25, 0.3) is 0 Å². The van der Waals surface area contributed by atoms with Gasteiger partial charge in [0, 0.05) is 0 Å². The Kier molecular flexibility index (Phi) is 4.78. The van der Waals surface area contributed by atoms with E-state index in [4.69, 9.17) is 0 Å². The van der Waals surface area contributed by atoms with Gasteiger partial charge in [-0.3, -0.25) is 0 Å². The van der Waals surface area contributed by atoms with E-state index >= 15 is 0 Å². The standard InChI is InChI=1S/C14H16F4O2/c1-13(2,3)10-6-4-9(5-7-10)12(19)20-11(8-15)14(16,17)18/h4-7,11H,8H2,1-3H3. The van der Waals surface area contributed by atoms with E-state index in [1.807, 2.05) is 20.8 Å². The van der Waals surface area contributed by atoms with Gasteiger partial charge in [-0.25, -0.2) is 9.18 Å². The van der Waals surface area contributed by atoms with E-state index < -0.39 is 24.9 Å². The molecule has 0 aliphatic rings. The number of hydrogen-bond donors (Lipinski definition) is 0. The van der Waals surface area contributed by atoms with Crippen molar-refractivity contribution in [1.82, 2.24) is 0 Å². The van der Waals surface area contributed by atoms with E-state index in [2.05, 4.69) is 4.74 Å². The molecule has 6 heteroatoms. The lowest BCUT2D eigenvalue weighted by Gasteiger charge is -2.20. The van der Waals surface area contributed by atoms with Crippen molar-refractivity contribution < 1.29 is 27.1 Å². The zero-order chi connectivity index (χ0) is 15.6. The van der Waals surface area contributed by atoms with Crippen LogP contribution in [0.4, 0.5) is 17.6 Å². The fraction of sp³-hybridized carbons (Fsp3) is 0.500. The maximum Gasteiger partial charge on any atom is 0.428 e. The number of ether oxygens (including phenoxy) is 1. The van der Waals surface area contributed by atoms with Crippen molar-refractivity contribution in [3.05, 3.63) is 35.4 Å². The second kappa shape index (κ2) is 5.81. The van der Waals surface area contributed by atoms with Gasteiger partial charge in [-0.2, -0.15) is 13.2 Å². The summed E-state index contributed by atoms with van der Waals surface area (Å²) < 4.78 is 53.3. The Morgan fingerprint density at radius 2 is 1.65 bits per heavy atom. The molecule has 0 saturated heterocycles. The highest BCUT2D eigenvalue weighted by molar-refractivity contribution is 5.89. The number of halogens is 4. The van der Waals surface area contributed by atoms with Crippen molar-refractivity contribution in [2.45, 2.75) is 38.5 Å². The van der Waals surface area contributed by atoms with Crippen LogP contribution >= 0.6 is 0 Å². The number of benzene rings is 1. The molecule has 0 fully saturated rings. The first-order chi connectivity index (χ1) is 9.05. The molecule has 0 aliphatic carbocycles. The van der Waals surface area contributed by atoms with Crippen LogP contribution in [0.15, 0.2) is 24.3 Å². The van der Waals surface area contributed by atoms with Crippen LogP contribution in [-0.4, -0.2) is 24.9 Å². The minimum atomic E-state index is -4.91. The second-order valence-electron chi connectivity index (χ2n) is 5.42. The van der Waals surface area contributed by atoms with Gasteiger partial charge in [0.05, 0.1) is 5.56 Å². The Bertz CT molecular complexity index is 458. The summed E-state index contributed by atoms with van der Waals surface area (Å²) in [5, 5.41) is 0. The summed E-state index contributed by atoms with van der Waals surface area (Å²) in [7, 11) is 0. The van der Waals surface area contributed by atoms with Crippen LogP contribution in [0.2, 0.25) is 0 Å². The molecule has 1 unspecified atom stereocenters. The van der Waals surface area contributed by atoms with E-state index in [1.165, 1.54) is 12.1 Å². The molecule has 0 N–H and O–H groups in total. The van der Waals surface area contributed by atoms with Gasteiger partial charge in [0.1, 0.15) is 6.67 Å². The molecule has 2 nitrogen and oxygen atoms in total. The summed E-state index contributed by atoms with van der Waals surface area (Å²) in [5.41, 5.74) is 0.739. The van der Waals surface area contributed by atoms with Crippen molar-refractivity contribution in [1.29, 1.82) is 0 Å². The van der Waals surface area contributed by atoms with Crippen molar-refractivity contribution in [2.75, 3.05) is 6.67 Å². The van der Waals surface area contributed by atoms with E-state index in [1.54, 1.807) is 12.1 Å². The zero-order valence-corrected chi connectivity index (χ0v) is 11.4. The van der Waals surface area contributed by atoms with Gasteiger partial charge in [0.15, 0.2) is 0 Å². The molecule has 0 bridgehead atoms. The Hall–Kier alpha value is -1.59. The summed E-state index contributed by atoms with van der Waals surface area (Å²) in [4.78, 5) is 11.5. The fourth-order valence-electron chi connectivity index (χ4n) is 1.49. The lowest BCUT2D eigenvalue weighted by atomic mass is 9.87. The maximum atomic E-state index is 12.3. The first-order valence-corrected chi connectivity index (χ1v) is 6.00. The first-order valence-electron chi connectivity index (χ1n) is 6.00. The molecule has 0 saturated carbocycles. The Morgan fingerprint density at radius 3 is 2.00 bits per heavy atom. The van der Waals surface area contributed by atoms with E-state index in [0.29, 0.717) is 0 Å². The predicted molar refractivity (Wildman–Crippen MR) is 66.4 cm³/mol. The van der Waals surface area contributed by atoms with Gasteiger partial charge in [0.25, 0.3) is 0 Å². The minimum absolute atomic E-state index is 0.0410. The highest BCUT2D eigenvalue weighted by atomic mass is 19.4. The zero-order valence-electron chi connectivity index (χ0n) is 11.4. The summed E-state index contributed by atoms with van der Waals surface area (Å²) in [5.74, 6) is -1.19. The third-order valence-electron chi connectivity index (χ3n) is 2.74. The van der Waals surface area contributed by atoms with Gasteiger partial charge in [-0.05, 0) is 23.1 Å². The molecular formula is C14H16F4O2. The van der Waals surface area contributed by atoms with E-state index in [-0.39, 0.29) is 11.0 Å². The van der Waals surface area contributed by atoms with Crippen LogP contribution in [0.3, 0.4) is 0 Å². The summed E-state index contributed by atoms with van der Waals surface area (Å²) in [6.07, 6.45) is -7.63. The molecular weight excluding hydrogens is 276 g/mol. The number of alkyl halides is 4. The molecule has 0 aromatic heterocycles. The Labute approximate surface area is 114 Å². The van der Waals surface area contributed by atoms with Crippen molar-refractivity contribution in [3.8, 4) is 0 Å². The topological polar surface area (TPSA) is 26.3 Å². The molecule has 0 amide bonds. The van der Waals surface area contributed by atoms with Gasteiger partial charge >= 0.3 is 12.1 Å². The summed E-state index contributed by atoms with van der Waals surface area (Å²) in [6.45, 7) is 4.09. The van der Waals surface area contributed by atoms with Crippen LogP contribution in [0, 0.1) is 0 Å². The molecule has 112 valence electrons. The van der Waals surface area contributed by atoms with E-state index in [0.717, 1.165) is 5.56 Å². The molecule has 1 atom stereocenters. The molecule has 1 rings (SSSR count). The van der Waals surface area contributed by atoms with Crippen molar-refractivity contribution in [2.24, 2.45) is 0 Å². The van der Waals surface area contributed by atoms with Crippen LogP contribution in [0.1, 0.15) is 36.7 Å². The Morgan fingerprint density at radius 1 is 1.15 bits per heavy atom. The monoisotopic (exact) mass is 292 g/mol. The van der Waals surface area contributed by atoms with Crippen LogP contribution < -0.4 is 0 Å². The quantitative estimate of drug-likeness (QED) is 0.621. The number of carbonyl (C=O) groups is 1. The highest BCUT2D eigenvalue weighted by Crippen LogP contribution is 2.25. The highest BCUT2D eigenvalue weighted by Gasteiger charge is 2.43. The average molecular weight is 292 g/mol. The third-order valence-corrected chi connectivity index (χ3v) is 2.74. The third kappa shape index (κ3) is 4.21. The van der Waals surface area contributed by atoms with Gasteiger partial charge in [-0.15, -0.1) is 0 Å². The maximum absolute atomic E-state index is 12.3. The van der Waals surface area contributed by atoms with E-state index in [9.17, 15) is 22.4 Å². The smallest absolute Gasteiger partial charge is 0.428 e. The number of esters is 1. The SMILES string of the molecule is CC(C)(C)c1ccc(C(=O)OC(CF)C(F)(F)F)cc1. The largest absolute Gasteiger partial charge is 0.446 e. The van der Waals surface area contributed by atoms with Crippen molar-refractivity contribution >= 4 is 5.97 Å². The molecule has 1 aromatic carbocycles. The summed E-state index contributed by atoms with van der Waals surface area (Å²) in [6, 6.07) is 6.01. The number of rotatable bonds is 3. The average Bonchev–Trinajstić information content (AvgIpc) is 2.33. The normalized spacial score (nSPS) is 13.9. The van der Waals surface area contributed by atoms with Gasteiger partial charge in [0.2, 0.25) is 6.10 Å². The molecule has 0 heterocycles. The Balaban J connectivity index is 2.83. The van der Waals surface area contributed by atoms with Crippen LogP contribution in [0.5, 0.6) is 0 Å². The second-order valence-corrected chi connectivity index (χ2v) is 5.42. The minimum Gasteiger partial charge on any atom is -0.446 e. The predicted octanol–water partition coefficient (Wildman–Crippen LogP) is 4.04.